The standard InChI is InChI=1S/C14H17N3O2.C2H4O2/c18-14(19)12-3-1-2-8-17(12)9-11-5-4-10-6-7-15-13(10)16-11;1-2(3)4/h4-7,12H,1-3,8-9H2,(H,15,16)(H,18,19);1H3,(H,3,4). The van der Waals surface area contributed by atoms with Crippen molar-refractivity contribution >= 4 is 23.0 Å². The molecule has 1 aliphatic heterocycles. The molecule has 1 aliphatic rings. The summed E-state index contributed by atoms with van der Waals surface area (Å²) in [6, 6.07) is 5.61. The second-order valence-electron chi connectivity index (χ2n) is 5.56. The first kappa shape index (κ1) is 17.0. The van der Waals surface area contributed by atoms with Gasteiger partial charge in [-0.1, -0.05) is 6.42 Å². The number of piperidine rings is 1. The molecule has 0 spiro atoms. The number of carboxylic acid groups (broad SMARTS) is 2. The smallest absolute Gasteiger partial charge is 0.320 e. The number of H-pyrrole nitrogens is 1. The number of aromatic amines is 1. The third kappa shape index (κ3) is 4.79. The number of carboxylic acids is 2. The molecule has 124 valence electrons. The van der Waals surface area contributed by atoms with Crippen LogP contribution in [0.4, 0.5) is 0 Å². The van der Waals surface area contributed by atoms with Gasteiger partial charge in [-0.25, -0.2) is 4.98 Å². The van der Waals surface area contributed by atoms with Crippen molar-refractivity contribution in [1.29, 1.82) is 0 Å². The van der Waals surface area contributed by atoms with Gasteiger partial charge in [-0.3, -0.25) is 14.5 Å². The molecular weight excluding hydrogens is 298 g/mol. The zero-order valence-electron chi connectivity index (χ0n) is 13.0. The number of aliphatic carboxylic acids is 2. The summed E-state index contributed by atoms with van der Waals surface area (Å²) >= 11 is 0. The first-order valence-corrected chi connectivity index (χ1v) is 7.57. The summed E-state index contributed by atoms with van der Waals surface area (Å²) in [5.74, 6) is -1.55. The van der Waals surface area contributed by atoms with Crippen LogP contribution in [0.3, 0.4) is 0 Å². The van der Waals surface area contributed by atoms with Crippen molar-refractivity contribution in [2.75, 3.05) is 6.54 Å². The van der Waals surface area contributed by atoms with Crippen LogP contribution < -0.4 is 0 Å². The second kappa shape index (κ2) is 7.73. The van der Waals surface area contributed by atoms with Gasteiger partial charge in [0.05, 0.1) is 5.69 Å². The van der Waals surface area contributed by atoms with Gasteiger partial charge in [0.1, 0.15) is 11.7 Å². The van der Waals surface area contributed by atoms with Crippen molar-refractivity contribution in [2.24, 2.45) is 0 Å². The van der Waals surface area contributed by atoms with Crippen molar-refractivity contribution in [2.45, 2.75) is 38.8 Å². The molecule has 7 heteroatoms. The Morgan fingerprint density at radius 1 is 1.30 bits per heavy atom. The number of carbonyl (C=O) groups is 2. The molecule has 3 N–H and O–H groups in total. The van der Waals surface area contributed by atoms with Crippen LogP contribution in [0.5, 0.6) is 0 Å². The Bertz CT molecular complexity index is 679. The Balaban J connectivity index is 0.000000433. The minimum absolute atomic E-state index is 0.366. The van der Waals surface area contributed by atoms with E-state index in [0.29, 0.717) is 6.54 Å². The van der Waals surface area contributed by atoms with E-state index < -0.39 is 11.9 Å². The lowest BCUT2D eigenvalue weighted by atomic mass is 10.0. The van der Waals surface area contributed by atoms with Crippen molar-refractivity contribution in [3.05, 3.63) is 30.1 Å². The number of aromatic nitrogens is 2. The average Bonchev–Trinajstić information content (AvgIpc) is 2.94. The molecule has 0 aromatic carbocycles. The maximum atomic E-state index is 11.3. The minimum atomic E-state index is -0.833. The minimum Gasteiger partial charge on any atom is -0.481 e. The summed E-state index contributed by atoms with van der Waals surface area (Å²) in [6.45, 7) is 2.52. The predicted octanol–water partition coefficient (Wildman–Crippen LogP) is 2.09. The number of likely N-dealkylation sites (tertiary alicyclic amines) is 1. The summed E-state index contributed by atoms with van der Waals surface area (Å²) in [5, 5.41) is 17.8. The van der Waals surface area contributed by atoms with E-state index in [9.17, 15) is 9.90 Å². The number of hydrogen-bond acceptors (Lipinski definition) is 4. The first-order chi connectivity index (χ1) is 11.0. The maximum absolute atomic E-state index is 11.3. The zero-order chi connectivity index (χ0) is 16.8. The topological polar surface area (TPSA) is 107 Å². The number of nitrogens with one attached hydrogen (secondary N) is 1. The molecule has 1 atom stereocenters. The monoisotopic (exact) mass is 319 g/mol. The average molecular weight is 319 g/mol. The number of hydrogen-bond donors (Lipinski definition) is 3. The van der Waals surface area contributed by atoms with Crippen LogP contribution in [0, 0.1) is 0 Å². The predicted molar refractivity (Wildman–Crippen MR) is 85.1 cm³/mol. The van der Waals surface area contributed by atoms with E-state index in [0.717, 1.165) is 49.5 Å². The summed E-state index contributed by atoms with van der Waals surface area (Å²) < 4.78 is 0. The molecule has 0 amide bonds. The van der Waals surface area contributed by atoms with Gasteiger partial charge >= 0.3 is 5.97 Å². The molecule has 1 unspecified atom stereocenters. The van der Waals surface area contributed by atoms with E-state index >= 15 is 0 Å². The van der Waals surface area contributed by atoms with Crippen LogP contribution in [0.25, 0.3) is 11.0 Å². The Morgan fingerprint density at radius 2 is 2.04 bits per heavy atom. The fourth-order valence-corrected chi connectivity index (χ4v) is 2.73. The lowest BCUT2D eigenvalue weighted by molar-refractivity contribution is -0.145. The van der Waals surface area contributed by atoms with Gasteiger partial charge in [0.2, 0.25) is 0 Å². The quantitative estimate of drug-likeness (QED) is 0.800. The Hall–Kier alpha value is -2.41. The van der Waals surface area contributed by atoms with Gasteiger partial charge in [0, 0.05) is 25.1 Å². The summed E-state index contributed by atoms with van der Waals surface area (Å²) in [6.07, 6.45) is 4.66. The zero-order valence-corrected chi connectivity index (χ0v) is 13.0. The highest BCUT2D eigenvalue weighted by atomic mass is 16.4. The van der Waals surface area contributed by atoms with Crippen LogP contribution in [0.2, 0.25) is 0 Å². The molecule has 2 aromatic heterocycles. The first-order valence-electron chi connectivity index (χ1n) is 7.57. The Labute approximate surface area is 133 Å². The third-order valence-electron chi connectivity index (χ3n) is 3.73. The van der Waals surface area contributed by atoms with E-state index in [1.54, 1.807) is 0 Å². The summed E-state index contributed by atoms with van der Waals surface area (Å²) in [4.78, 5) is 29.9. The van der Waals surface area contributed by atoms with E-state index in [-0.39, 0.29) is 6.04 Å². The van der Waals surface area contributed by atoms with Crippen LogP contribution in [-0.2, 0) is 16.1 Å². The molecule has 23 heavy (non-hydrogen) atoms. The lowest BCUT2D eigenvalue weighted by Gasteiger charge is -2.32. The highest BCUT2D eigenvalue weighted by molar-refractivity contribution is 5.75. The molecular formula is C16H21N3O4. The number of rotatable bonds is 3. The lowest BCUT2D eigenvalue weighted by Crippen LogP contribution is -2.44. The van der Waals surface area contributed by atoms with Gasteiger partial charge in [0.15, 0.2) is 0 Å². The fourth-order valence-electron chi connectivity index (χ4n) is 2.73. The molecule has 1 saturated heterocycles. The van der Waals surface area contributed by atoms with Gasteiger partial charge in [-0.15, -0.1) is 0 Å². The largest absolute Gasteiger partial charge is 0.481 e. The number of pyridine rings is 1. The van der Waals surface area contributed by atoms with Crippen molar-refractivity contribution in [3.8, 4) is 0 Å². The Morgan fingerprint density at radius 3 is 2.74 bits per heavy atom. The van der Waals surface area contributed by atoms with E-state index in [2.05, 4.69) is 9.97 Å². The van der Waals surface area contributed by atoms with Crippen molar-refractivity contribution < 1.29 is 19.8 Å². The number of nitrogens with zero attached hydrogens (tertiary/aromatic N) is 2. The van der Waals surface area contributed by atoms with Gasteiger partial charge in [-0.05, 0) is 37.6 Å². The van der Waals surface area contributed by atoms with E-state index in [4.69, 9.17) is 9.90 Å². The summed E-state index contributed by atoms with van der Waals surface area (Å²) in [5.41, 5.74) is 1.78. The highest BCUT2D eigenvalue weighted by Crippen LogP contribution is 2.20. The summed E-state index contributed by atoms with van der Waals surface area (Å²) in [7, 11) is 0. The van der Waals surface area contributed by atoms with Gasteiger partial charge in [0.25, 0.3) is 5.97 Å². The van der Waals surface area contributed by atoms with Crippen LogP contribution in [0.15, 0.2) is 24.4 Å². The molecule has 3 rings (SSSR count). The van der Waals surface area contributed by atoms with Crippen LogP contribution in [-0.4, -0.2) is 49.6 Å². The van der Waals surface area contributed by atoms with E-state index in [1.165, 1.54) is 0 Å². The van der Waals surface area contributed by atoms with Crippen molar-refractivity contribution in [3.63, 3.8) is 0 Å². The number of fused-ring (bicyclic) bond motifs is 1. The third-order valence-corrected chi connectivity index (χ3v) is 3.73. The molecule has 1 fully saturated rings. The second-order valence-corrected chi connectivity index (χ2v) is 5.56. The molecule has 2 aromatic rings. The molecule has 0 bridgehead atoms. The molecule has 7 nitrogen and oxygen atoms in total. The molecule has 0 radical (unpaired) electrons. The molecule has 3 heterocycles. The van der Waals surface area contributed by atoms with E-state index in [1.807, 2.05) is 29.3 Å². The maximum Gasteiger partial charge on any atom is 0.320 e. The van der Waals surface area contributed by atoms with Gasteiger partial charge in [-0.2, -0.15) is 0 Å². The Kier molecular flexibility index (Phi) is 5.70. The normalized spacial score (nSPS) is 18.2. The molecule has 0 saturated carbocycles. The highest BCUT2D eigenvalue weighted by Gasteiger charge is 2.28. The fraction of sp³-hybridized carbons (Fsp3) is 0.438. The van der Waals surface area contributed by atoms with Crippen LogP contribution in [0.1, 0.15) is 31.9 Å². The van der Waals surface area contributed by atoms with Crippen LogP contribution >= 0.6 is 0 Å². The SMILES string of the molecule is CC(=O)O.O=C(O)C1CCCCN1Cc1ccc2cc[nH]c2n1. The molecule has 0 aliphatic carbocycles. The van der Waals surface area contributed by atoms with Crippen molar-refractivity contribution in [1.82, 2.24) is 14.9 Å². The van der Waals surface area contributed by atoms with Gasteiger partial charge < -0.3 is 15.2 Å².